The molecule has 0 unspecified atom stereocenters. The maximum atomic E-state index is 13.6. The minimum Gasteiger partial charge on any atom is -0.399 e. The van der Waals surface area contributed by atoms with E-state index in [0.29, 0.717) is 0 Å². The van der Waals surface area contributed by atoms with E-state index in [1.165, 1.54) is 24.3 Å². The van der Waals surface area contributed by atoms with Crippen molar-refractivity contribution >= 4 is 21.4 Å². The lowest BCUT2D eigenvalue weighted by Crippen LogP contribution is -2.14. The van der Waals surface area contributed by atoms with Crippen molar-refractivity contribution in [1.82, 2.24) is 0 Å². The zero-order valence-corrected chi connectivity index (χ0v) is 11.0. The first-order valence-electron chi connectivity index (χ1n) is 5.53. The largest absolute Gasteiger partial charge is 0.399 e. The second kappa shape index (κ2) is 4.89. The number of anilines is 2. The van der Waals surface area contributed by atoms with Gasteiger partial charge in [-0.2, -0.15) is 0 Å². The van der Waals surface area contributed by atoms with Gasteiger partial charge in [0, 0.05) is 5.69 Å². The van der Waals surface area contributed by atoms with Crippen LogP contribution in [0, 0.1) is 12.7 Å². The molecule has 19 heavy (non-hydrogen) atoms. The fourth-order valence-electron chi connectivity index (χ4n) is 1.54. The highest BCUT2D eigenvalue weighted by atomic mass is 32.2. The van der Waals surface area contributed by atoms with E-state index in [-0.39, 0.29) is 16.3 Å². The molecule has 0 spiro atoms. The minimum atomic E-state index is -3.80. The molecule has 0 atom stereocenters. The molecule has 0 bridgehead atoms. The highest BCUT2D eigenvalue weighted by Gasteiger charge is 2.15. The quantitative estimate of drug-likeness (QED) is 0.848. The molecular weight excluding hydrogens is 267 g/mol. The van der Waals surface area contributed by atoms with Crippen LogP contribution in [-0.4, -0.2) is 8.42 Å². The van der Waals surface area contributed by atoms with Gasteiger partial charge in [-0.1, -0.05) is 17.7 Å². The number of sulfonamides is 1. The Bertz CT molecular complexity index is 697. The van der Waals surface area contributed by atoms with Gasteiger partial charge in [-0.3, -0.25) is 4.72 Å². The van der Waals surface area contributed by atoms with Crippen LogP contribution in [0.25, 0.3) is 0 Å². The Hall–Kier alpha value is -2.08. The van der Waals surface area contributed by atoms with Crippen LogP contribution in [-0.2, 0) is 10.0 Å². The van der Waals surface area contributed by atoms with Crippen molar-refractivity contribution in [2.75, 3.05) is 10.5 Å². The van der Waals surface area contributed by atoms with Crippen molar-refractivity contribution in [3.8, 4) is 0 Å². The van der Waals surface area contributed by atoms with Gasteiger partial charge in [0.2, 0.25) is 0 Å². The van der Waals surface area contributed by atoms with E-state index in [1.54, 1.807) is 12.1 Å². The lowest BCUT2D eigenvalue weighted by molar-refractivity contribution is 0.598. The van der Waals surface area contributed by atoms with Crippen LogP contribution in [0.2, 0.25) is 0 Å². The van der Waals surface area contributed by atoms with Crippen molar-refractivity contribution in [3.63, 3.8) is 0 Å². The number of aryl methyl sites for hydroxylation is 1. The van der Waals surface area contributed by atoms with Crippen molar-refractivity contribution in [1.29, 1.82) is 0 Å². The Labute approximate surface area is 111 Å². The number of rotatable bonds is 3. The number of halogens is 1. The van der Waals surface area contributed by atoms with Crippen molar-refractivity contribution in [2.45, 2.75) is 11.8 Å². The number of nitrogens with two attached hydrogens (primary N) is 1. The van der Waals surface area contributed by atoms with Crippen LogP contribution in [0.3, 0.4) is 0 Å². The molecule has 100 valence electrons. The molecular formula is C13H13FN2O2S. The molecule has 0 radical (unpaired) electrons. The number of nitrogen functional groups attached to an aromatic ring is 1. The average molecular weight is 280 g/mol. The summed E-state index contributed by atoms with van der Waals surface area (Å²) in [7, 11) is -3.80. The van der Waals surface area contributed by atoms with Crippen molar-refractivity contribution < 1.29 is 12.8 Å². The Balaban J connectivity index is 2.33. The first-order valence-corrected chi connectivity index (χ1v) is 7.01. The molecule has 0 aliphatic carbocycles. The first-order chi connectivity index (χ1) is 8.88. The predicted molar refractivity (Wildman–Crippen MR) is 72.8 cm³/mol. The minimum absolute atomic E-state index is 0.0781. The van der Waals surface area contributed by atoms with Crippen LogP contribution < -0.4 is 10.5 Å². The van der Waals surface area contributed by atoms with Gasteiger partial charge < -0.3 is 5.73 Å². The SMILES string of the molecule is Cc1ccc(S(=O)(=O)Nc2ccc(N)cc2F)cc1. The molecule has 3 N–H and O–H groups in total. The molecule has 0 aliphatic heterocycles. The molecule has 0 aromatic heterocycles. The summed E-state index contributed by atoms with van der Waals surface area (Å²) < 4.78 is 39.8. The first kappa shape index (κ1) is 13.4. The van der Waals surface area contributed by atoms with Crippen LogP contribution in [0.5, 0.6) is 0 Å². The average Bonchev–Trinajstić information content (AvgIpc) is 2.33. The summed E-state index contributed by atoms with van der Waals surface area (Å²) in [6.07, 6.45) is 0. The molecule has 2 aromatic carbocycles. The van der Waals surface area contributed by atoms with E-state index in [2.05, 4.69) is 4.72 Å². The molecule has 0 amide bonds. The monoisotopic (exact) mass is 280 g/mol. The topological polar surface area (TPSA) is 72.2 Å². The zero-order valence-electron chi connectivity index (χ0n) is 10.2. The third kappa shape index (κ3) is 3.03. The van der Waals surface area contributed by atoms with Gasteiger partial charge >= 0.3 is 0 Å². The number of benzene rings is 2. The Kier molecular flexibility index (Phi) is 3.44. The van der Waals surface area contributed by atoms with Gasteiger partial charge in [0.1, 0.15) is 5.82 Å². The lowest BCUT2D eigenvalue weighted by Gasteiger charge is -2.09. The van der Waals surface area contributed by atoms with Gasteiger partial charge in [0.05, 0.1) is 10.6 Å². The summed E-state index contributed by atoms with van der Waals surface area (Å²) in [5.41, 5.74) is 6.45. The highest BCUT2D eigenvalue weighted by molar-refractivity contribution is 7.92. The molecule has 2 rings (SSSR count). The van der Waals surface area contributed by atoms with Crippen LogP contribution in [0.15, 0.2) is 47.4 Å². The molecule has 0 saturated carbocycles. The molecule has 0 saturated heterocycles. The van der Waals surface area contributed by atoms with Crippen LogP contribution >= 0.6 is 0 Å². The Morgan fingerprint density at radius 2 is 1.74 bits per heavy atom. The summed E-state index contributed by atoms with van der Waals surface area (Å²) in [6.45, 7) is 1.85. The highest BCUT2D eigenvalue weighted by Crippen LogP contribution is 2.21. The maximum absolute atomic E-state index is 13.6. The third-order valence-corrected chi connectivity index (χ3v) is 3.95. The molecule has 2 aromatic rings. The molecule has 4 nitrogen and oxygen atoms in total. The van der Waals surface area contributed by atoms with Gasteiger partial charge in [0.25, 0.3) is 10.0 Å². The zero-order chi connectivity index (χ0) is 14.0. The van der Waals surface area contributed by atoms with Gasteiger partial charge in [-0.25, -0.2) is 12.8 Å². The summed E-state index contributed by atoms with van der Waals surface area (Å²) >= 11 is 0. The summed E-state index contributed by atoms with van der Waals surface area (Å²) in [6, 6.07) is 10.1. The fraction of sp³-hybridized carbons (Fsp3) is 0.0769. The normalized spacial score (nSPS) is 11.3. The lowest BCUT2D eigenvalue weighted by atomic mass is 10.2. The van der Waals surface area contributed by atoms with E-state index in [4.69, 9.17) is 5.73 Å². The van der Waals surface area contributed by atoms with E-state index >= 15 is 0 Å². The van der Waals surface area contributed by atoms with E-state index in [0.717, 1.165) is 11.6 Å². The Morgan fingerprint density at radius 1 is 1.11 bits per heavy atom. The van der Waals surface area contributed by atoms with Gasteiger partial charge in [-0.05, 0) is 37.3 Å². The third-order valence-electron chi connectivity index (χ3n) is 2.57. The molecule has 0 fully saturated rings. The smallest absolute Gasteiger partial charge is 0.261 e. The van der Waals surface area contributed by atoms with Gasteiger partial charge in [0.15, 0.2) is 0 Å². The van der Waals surface area contributed by atoms with E-state index < -0.39 is 15.8 Å². The van der Waals surface area contributed by atoms with Crippen molar-refractivity contribution in [2.24, 2.45) is 0 Å². The van der Waals surface area contributed by atoms with Crippen LogP contribution in [0.4, 0.5) is 15.8 Å². The Morgan fingerprint density at radius 3 is 2.32 bits per heavy atom. The summed E-state index contributed by atoms with van der Waals surface area (Å²) in [4.78, 5) is 0.0781. The van der Waals surface area contributed by atoms with E-state index in [1.807, 2.05) is 6.92 Å². The summed E-state index contributed by atoms with van der Waals surface area (Å²) in [5.74, 6) is -0.712. The summed E-state index contributed by atoms with van der Waals surface area (Å²) in [5, 5.41) is 0. The molecule has 0 heterocycles. The second-order valence-corrected chi connectivity index (χ2v) is 5.84. The number of hydrogen-bond acceptors (Lipinski definition) is 3. The standard InChI is InChI=1S/C13H13FN2O2S/c1-9-2-5-11(6-3-9)19(17,18)16-13-7-4-10(15)8-12(13)14/h2-8,16H,15H2,1H3. The van der Waals surface area contributed by atoms with Crippen LogP contribution in [0.1, 0.15) is 5.56 Å². The number of hydrogen-bond donors (Lipinski definition) is 2. The molecule has 0 aliphatic rings. The maximum Gasteiger partial charge on any atom is 0.261 e. The second-order valence-electron chi connectivity index (χ2n) is 4.16. The number of nitrogens with one attached hydrogen (secondary N) is 1. The molecule has 6 heteroatoms. The van der Waals surface area contributed by atoms with Gasteiger partial charge in [-0.15, -0.1) is 0 Å². The van der Waals surface area contributed by atoms with E-state index in [9.17, 15) is 12.8 Å². The predicted octanol–water partition coefficient (Wildman–Crippen LogP) is 2.52. The fourth-order valence-corrected chi connectivity index (χ4v) is 2.60. The van der Waals surface area contributed by atoms with Crippen molar-refractivity contribution in [3.05, 3.63) is 53.8 Å².